The smallest absolute Gasteiger partial charge is 0.416 e. The molecule has 1 aromatic carbocycles. The van der Waals surface area contributed by atoms with Crippen molar-refractivity contribution in [3.05, 3.63) is 52.3 Å². The Bertz CT molecular complexity index is 1760. The summed E-state index contributed by atoms with van der Waals surface area (Å²) in [5, 5.41) is 4.76. The van der Waals surface area contributed by atoms with Gasteiger partial charge in [0, 0.05) is 26.1 Å². The Morgan fingerprint density at radius 2 is 1.65 bits per heavy atom. The van der Waals surface area contributed by atoms with Crippen LogP contribution in [0.2, 0.25) is 0 Å². The molecule has 2 amide bonds. The molecule has 0 saturated heterocycles. The van der Waals surface area contributed by atoms with E-state index in [9.17, 15) is 57.9 Å². The van der Waals surface area contributed by atoms with Gasteiger partial charge in [-0.3, -0.25) is 9.59 Å². The van der Waals surface area contributed by atoms with Crippen LogP contribution >= 0.6 is 0 Å². The van der Waals surface area contributed by atoms with Crippen LogP contribution in [0.1, 0.15) is 77.8 Å². The monoisotopic (exact) mass is 743 g/mol. The maximum atomic E-state index is 14.0. The maximum Gasteiger partial charge on any atom is 0.416 e. The lowest BCUT2D eigenvalue weighted by molar-refractivity contribution is -0.243. The minimum absolute atomic E-state index is 0.0000329. The summed E-state index contributed by atoms with van der Waals surface area (Å²) in [5.41, 5.74) is -4.41. The third-order valence-corrected chi connectivity index (χ3v) is 9.48. The summed E-state index contributed by atoms with van der Waals surface area (Å²) in [7, 11) is 1.36. The van der Waals surface area contributed by atoms with Gasteiger partial charge in [-0.15, -0.1) is 0 Å². The van der Waals surface area contributed by atoms with Crippen LogP contribution in [0.3, 0.4) is 0 Å². The SMILES string of the molecule is Cn1c(Cc2cc(CNC(=O)C3(C(F)(F)F)CCC3)ccc2C(F)(F)F)nc2cc(C(=O)NC3CCC(C(F)(F)F)CC3)c(OCC(F)F)nc21. The molecule has 0 bridgehead atoms. The second-order valence-corrected chi connectivity index (χ2v) is 12.8. The molecule has 2 aliphatic carbocycles. The van der Waals surface area contributed by atoms with Crippen molar-refractivity contribution in [1.82, 2.24) is 25.2 Å². The van der Waals surface area contributed by atoms with Crippen LogP contribution in [0.4, 0.5) is 48.3 Å². The number of rotatable bonds is 10. The fraction of sp³-hybridized carbons (Fsp3) is 0.562. The van der Waals surface area contributed by atoms with Crippen molar-refractivity contribution < 1.29 is 62.6 Å². The fourth-order valence-corrected chi connectivity index (χ4v) is 6.41. The van der Waals surface area contributed by atoms with E-state index in [-0.39, 0.29) is 65.8 Å². The molecule has 0 radical (unpaired) electrons. The molecule has 0 aliphatic heterocycles. The van der Waals surface area contributed by atoms with Crippen molar-refractivity contribution in [3.8, 4) is 5.88 Å². The van der Waals surface area contributed by atoms with Gasteiger partial charge in [-0.2, -0.15) is 44.5 Å². The number of aryl methyl sites for hydroxylation is 1. The van der Waals surface area contributed by atoms with Gasteiger partial charge in [-0.1, -0.05) is 18.6 Å². The van der Waals surface area contributed by atoms with E-state index in [1.165, 1.54) is 11.6 Å². The largest absolute Gasteiger partial charge is 0.471 e. The van der Waals surface area contributed by atoms with Gasteiger partial charge < -0.3 is 19.9 Å². The zero-order valence-corrected chi connectivity index (χ0v) is 26.8. The van der Waals surface area contributed by atoms with Gasteiger partial charge in [0.05, 0.1) is 11.5 Å². The number of hydrogen-bond acceptors (Lipinski definition) is 5. The highest BCUT2D eigenvalue weighted by molar-refractivity contribution is 5.99. The lowest BCUT2D eigenvalue weighted by Crippen LogP contribution is -2.54. The number of aromatic nitrogens is 3. The summed E-state index contributed by atoms with van der Waals surface area (Å²) in [6.07, 6.45) is -18.6. The van der Waals surface area contributed by atoms with Crippen LogP contribution in [-0.2, 0) is 31.0 Å². The molecule has 0 atom stereocenters. The number of nitrogens with zero attached hydrogens (tertiary/aromatic N) is 3. The molecule has 19 heteroatoms. The predicted molar refractivity (Wildman–Crippen MR) is 158 cm³/mol. The topological polar surface area (TPSA) is 98.1 Å². The Balaban J connectivity index is 1.41. The zero-order valence-electron chi connectivity index (χ0n) is 26.8. The molecule has 2 aliphatic rings. The number of alkyl halides is 11. The number of imidazole rings is 1. The second kappa shape index (κ2) is 14.1. The fourth-order valence-electron chi connectivity index (χ4n) is 6.41. The molecule has 2 N–H and O–H groups in total. The maximum absolute atomic E-state index is 14.0. The zero-order chi connectivity index (χ0) is 37.5. The van der Waals surface area contributed by atoms with E-state index in [4.69, 9.17) is 4.74 Å². The minimum Gasteiger partial charge on any atom is -0.471 e. The number of ether oxygens (including phenoxy) is 1. The summed E-state index contributed by atoms with van der Waals surface area (Å²) in [5.74, 6) is -4.29. The summed E-state index contributed by atoms with van der Waals surface area (Å²) in [4.78, 5) is 34.2. The minimum atomic E-state index is -4.87. The third-order valence-electron chi connectivity index (χ3n) is 9.48. The quantitative estimate of drug-likeness (QED) is 0.211. The lowest BCUT2D eigenvalue weighted by Gasteiger charge is -2.41. The summed E-state index contributed by atoms with van der Waals surface area (Å²) < 4.78 is 155. The van der Waals surface area contributed by atoms with Crippen LogP contribution < -0.4 is 15.4 Å². The molecule has 280 valence electrons. The molecule has 8 nitrogen and oxygen atoms in total. The van der Waals surface area contributed by atoms with Crippen LogP contribution in [0, 0.1) is 11.3 Å². The molecule has 5 rings (SSSR count). The first kappa shape index (κ1) is 38.1. The van der Waals surface area contributed by atoms with Crippen LogP contribution in [0.15, 0.2) is 24.3 Å². The molecule has 0 spiro atoms. The number of fused-ring (bicyclic) bond motifs is 1. The molecular formula is C32H32F11N5O3. The Kier molecular flexibility index (Phi) is 10.5. The molecular weight excluding hydrogens is 711 g/mol. The van der Waals surface area contributed by atoms with Crippen molar-refractivity contribution in [3.63, 3.8) is 0 Å². The number of amides is 2. The molecule has 2 aromatic heterocycles. The summed E-state index contributed by atoms with van der Waals surface area (Å²) in [6, 6.07) is 3.27. The number of pyridine rings is 1. The van der Waals surface area contributed by atoms with E-state index >= 15 is 0 Å². The number of carbonyl (C=O) groups is 2. The molecule has 2 fully saturated rings. The Morgan fingerprint density at radius 3 is 2.20 bits per heavy atom. The van der Waals surface area contributed by atoms with E-state index in [1.807, 2.05) is 0 Å². The van der Waals surface area contributed by atoms with Crippen molar-refractivity contribution in [2.75, 3.05) is 6.61 Å². The van der Waals surface area contributed by atoms with Gasteiger partial charge in [0.2, 0.25) is 11.8 Å². The normalized spacial score (nSPS) is 19.5. The molecule has 51 heavy (non-hydrogen) atoms. The van der Waals surface area contributed by atoms with Crippen molar-refractivity contribution in [1.29, 1.82) is 0 Å². The van der Waals surface area contributed by atoms with E-state index in [0.29, 0.717) is 0 Å². The van der Waals surface area contributed by atoms with Crippen LogP contribution in [0.25, 0.3) is 11.2 Å². The highest BCUT2D eigenvalue weighted by Crippen LogP contribution is 2.53. The number of hydrogen-bond donors (Lipinski definition) is 2. The molecule has 0 unspecified atom stereocenters. The van der Waals surface area contributed by atoms with Crippen molar-refractivity contribution >= 4 is 23.0 Å². The summed E-state index contributed by atoms with van der Waals surface area (Å²) >= 11 is 0. The molecule has 2 heterocycles. The first-order valence-electron chi connectivity index (χ1n) is 15.9. The number of carbonyl (C=O) groups excluding carboxylic acids is 2. The lowest BCUT2D eigenvalue weighted by atomic mass is 9.67. The molecule has 2 saturated carbocycles. The summed E-state index contributed by atoms with van der Waals surface area (Å²) in [6.45, 7) is -1.67. The average Bonchev–Trinajstić information content (AvgIpc) is 3.30. The second-order valence-electron chi connectivity index (χ2n) is 12.8. The van der Waals surface area contributed by atoms with E-state index in [1.54, 1.807) is 0 Å². The van der Waals surface area contributed by atoms with Gasteiger partial charge in [-0.25, -0.2) is 13.8 Å². The Morgan fingerprint density at radius 1 is 0.980 bits per heavy atom. The van der Waals surface area contributed by atoms with E-state index < -0.39 is 98.0 Å². The van der Waals surface area contributed by atoms with Gasteiger partial charge >= 0.3 is 18.5 Å². The highest BCUT2D eigenvalue weighted by Gasteiger charge is 2.63. The Labute approximate surface area is 283 Å². The number of benzene rings is 1. The van der Waals surface area contributed by atoms with E-state index in [2.05, 4.69) is 20.6 Å². The van der Waals surface area contributed by atoms with Gasteiger partial charge in [0.1, 0.15) is 22.3 Å². The standard InChI is InChI=1S/C32H32F11N5O3/c1-48-24(12-17-11-16(3-8-21(17)31(38,39)40)14-44-28(50)29(9-2-10-29)32(41,42)43)46-22-13-20(27(47-25(22)48)51-15-23(33)34)26(49)45-19-6-4-18(5-7-19)30(35,36)37/h3,8,11,13,18-19,23H,2,4-7,9-10,12,14-15H2,1H3,(H,44,50)(H,45,49). The number of nitrogens with one attached hydrogen (secondary N) is 2. The highest BCUT2D eigenvalue weighted by atomic mass is 19.4. The first-order chi connectivity index (χ1) is 23.7. The number of halogens is 11. The Hall–Kier alpha value is -4.19. The van der Waals surface area contributed by atoms with Gasteiger partial charge in [0.15, 0.2) is 12.3 Å². The van der Waals surface area contributed by atoms with Gasteiger partial charge in [-0.05, 0) is 61.8 Å². The average molecular weight is 744 g/mol. The van der Waals surface area contributed by atoms with Crippen molar-refractivity contribution in [2.45, 2.75) is 88.9 Å². The van der Waals surface area contributed by atoms with E-state index in [0.717, 1.165) is 24.3 Å². The molecule has 3 aromatic rings. The third kappa shape index (κ3) is 8.16. The van der Waals surface area contributed by atoms with Crippen molar-refractivity contribution in [2.24, 2.45) is 18.4 Å². The predicted octanol–water partition coefficient (Wildman–Crippen LogP) is 7.42. The van der Waals surface area contributed by atoms with Crippen LogP contribution in [0.5, 0.6) is 5.88 Å². The van der Waals surface area contributed by atoms with Crippen LogP contribution in [-0.4, -0.2) is 57.8 Å². The first-order valence-corrected chi connectivity index (χ1v) is 15.9. The van der Waals surface area contributed by atoms with Gasteiger partial charge in [0.25, 0.3) is 12.3 Å².